The largest absolute Gasteiger partial charge is 0.396 e. The van der Waals surface area contributed by atoms with E-state index in [1.165, 1.54) is 23.4 Å². The SMILES string of the molecule is Cl.OCCc1ccc(Nc2cc(N3CCNCC3)nc3c2CCC3)cc1. The molecule has 0 saturated carbocycles. The number of hydrogen-bond acceptors (Lipinski definition) is 5. The molecule has 0 amide bonds. The van der Waals surface area contributed by atoms with Crippen LogP contribution in [0.2, 0.25) is 0 Å². The maximum atomic E-state index is 9.05. The zero-order valence-electron chi connectivity index (χ0n) is 15.0. The van der Waals surface area contributed by atoms with Gasteiger partial charge in [0.2, 0.25) is 0 Å². The van der Waals surface area contributed by atoms with Gasteiger partial charge in [0.1, 0.15) is 5.82 Å². The third kappa shape index (κ3) is 4.11. The molecule has 0 spiro atoms. The second-order valence-electron chi connectivity index (χ2n) is 6.84. The highest BCUT2D eigenvalue weighted by Crippen LogP contribution is 2.33. The van der Waals surface area contributed by atoms with Crippen LogP contribution in [0.3, 0.4) is 0 Å². The minimum Gasteiger partial charge on any atom is -0.396 e. The van der Waals surface area contributed by atoms with E-state index in [4.69, 9.17) is 10.1 Å². The number of aryl methyl sites for hydroxylation is 1. The highest BCUT2D eigenvalue weighted by atomic mass is 35.5. The number of aliphatic hydroxyl groups is 1. The van der Waals surface area contributed by atoms with Gasteiger partial charge in [-0.1, -0.05) is 12.1 Å². The van der Waals surface area contributed by atoms with Gasteiger partial charge in [0.25, 0.3) is 0 Å². The van der Waals surface area contributed by atoms with Gasteiger partial charge in [-0.3, -0.25) is 0 Å². The summed E-state index contributed by atoms with van der Waals surface area (Å²) in [5.74, 6) is 1.10. The number of aliphatic hydroxyl groups excluding tert-OH is 1. The number of aromatic nitrogens is 1. The number of piperazine rings is 1. The van der Waals surface area contributed by atoms with Crippen LogP contribution >= 0.6 is 12.4 Å². The van der Waals surface area contributed by atoms with Gasteiger partial charge in [0.05, 0.1) is 0 Å². The van der Waals surface area contributed by atoms with E-state index >= 15 is 0 Å². The highest BCUT2D eigenvalue weighted by molar-refractivity contribution is 5.85. The van der Waals surface area contributed by atoms with E-state index in [0.29, 0.717) is 6.42 Å². The van der Waals surface area contributed by atoms with E-state index < -0.39 is 0 Å². The van der Waals surface area contributed by atoms with Crippen molar-refractivity contribution in [2.24, 2.45) is 0 Å². The molecule has 1 aliphatic carbocycles. The molecule has 3 N–H and O–H groups in total. The number of rotatable bonds is 5. The summed E-state index contributed by atoms with van der Waals surface area (Å²) >= 11 is 0. The van der Waals surface area contributed by atoms with Gasteiger partial charge < -0.3 is 20.6 Å². The van der Waals surface area contributed by atoms with Crippen LogP contribution in [0.25, 0.3) is 0 Å². The lowest BCUT2D eigenvalue weighted by Crippen LogP contribution is -2.44. The molecule has 6 heteroatoms. The van der Waals surface area contributed by atoms with E-state index in [2.05, 4.69) is 45.9 Å². The van der Waals surface area contributed by atoms with Crippen molar-refractivity contribution in [1.29, 1.82) is 0 Å². The Balaban J connectivity index is 0.00000196. The molecule has 1 fully saturated rings. The zero-order valence-corrected chi connectivity index (χ0v) is 15.8. The Bertz CT molecular complexity index is 729. The topological polar surface area (TPSA) is 60.4 Å². The summed E-state index contributed by atoms with van der Waals surface area (Å²) in [5, 5.41) is 16.1. The number of nitrogens with zero attached hydrogens (tertiary/aromatic N) is 2. The molecule has 0 unspecified atom stereocenters. The van der Waals surface area contributed by atoms with E-state index in [9.17, 15) is 0 Å². The quantitative estimate of drug-likeness (QED) is 0.751. The monoisotopic (exact) mass is 374 g/mol. The number of halogens is 1. The van der Waals surface area contributed by atoms with E-state index in [0.717, 1.165) is 56.1 Å². The summed E-state index contributed by atoms with van der Waals surface area (Å²) in [6.07, 6.45) is 4.09. The number of pyridine rings is 1. The van der Waals surface area contributed by atoms with Crippen molar-refractivity contribution in [3.05, 3.63) is 47.2 Å². The molecule has 1 saturated heterocycles. The summed E-state index contributed by atoms with van der Waals surface area (Å²) in [4.78, 5) is 7.33. The summed E-state index contributed by atoms with van der Waals surface area (Å²) in [6.45, 7) is 4.27. The predicted molar refractivity (Wildman–Crippen MR) is 109 cm³/mol. The first-order valence-corrected chi connectivity index (χ1v) is 9.29. The fraction of sp³-hybridized carbons (Fsp3) is 0.450. The van der Waals surface area contributed by atoms with Crippen LogP contribution in [0.4, 0.5) is 17.2 Å². The minimum absolute atomic E-state index is 0. The summed E-state index contributed by atoms with van der Waals surface area (Å²) in [7, 11) is 0. The average molecular weight is 375 g/mol. The maximum Gasteiger partial charge on any atom is 0.130 e. The minimum atomic E-state index is 0. The van der Waals surface area contributed by atoms with Gasteiger partial charge >= 0.3 is 0 Å². The molecule has 0 radical (unpaired) electrons. The van der Waals surface area contributed by atoms with Gasteiger partial charge in [-0.05, 0) is 48.9 Å². The van der Waals surface area contributed by atoms with Crippen LogP contribution in [0.5, 0.6) is 0 Å². The number of nitrogens with one attached hydrogen (secondary N) is 2. The van der Waals surface area contributed by atoms with Gasteiger partial charge in [-0.2, -0.15) is 0 Å². The first-order chi connectivity index (χ1) is 12.3. The molecular weight excluding hydrogens is 348 g/mol. The normalized spacial score (nSPS) is 16.1. The Morgan fingerprint density at radius 1 is 1.12 bits per heavy atom. The molecule has 4 rings (SSSR count). The van der Waals surface area contributed by atoms with Crippen molar-refractivity contribution in [3.8, 4) is 0 Å². The predicted octanol–water partition coefficient (Wildman–Crippen LogP) is 2.68. The molecule has 5 nitrogen and oxygen atoms in total. The van der Waals surface area contributed by atoms with E-state index in [1.54, 1.807) is 0 Å². The number of anilines is 3. The summed E-state index contributed by atoms with van der Waals surface area (Å²) in [6, 6.07) is 10.6. The zero-order chi connectivity index (χ0) is 17.1. The molecule has 1 aromatic heterocycles. The highest BCUT2D eigenvalue weighted by Gasteiger charge is 2.21. The fourth-order valence-corrected chi connectivity index (χ4v) is 3.73. The van der Waals surface area contributed by atoms with E-state index in [-0.39, 0.29) is 19.0 Å². The van der Waals surface area contributed by atoms with Crippen LogP contribution in [0, 0.1) is 0 Å². The molecular formula is C20H27ClN4O. The lowest BCUT2D eigenvalue weighted by atomic mass is 10.1. The molecule has 26 heavy (non-hydrogen) atoms. The number of fused-ring (bicyclic) bond motifs is 1. The molecule has 2 aliphatic rings. The standard InChI is InChI=1S/C20H26N4O.ClH/c25-13-8-15-4-6-16(7-5-15)22-19-14-20(24-11-9-21-10-12-24)23-18-3-1-2-17(18)19;/h4-7,14,21,25H,1-3,8-13H2,(H,22,23);1H. The Kier molecular flexibility index (Phi) is 6.35. The number of hydrogen-bond donors (Lipinski definition) is 3. The number of benzene rings is 1. The van der Waals surface area contributed by atoms with Crippen molar-refractivity contribution in [2.45, 2.75) is 25.7 Å². The van der Waals surface area contributed by atoms with Crippen molar-refractivity contribution in [2.75, 3.05) is 43.0 Å². The van der Waals surface area contributed by atoms with Crippen LogP contribution in [0.1, 0.15) is 23.2 Å². The van der Waals surface area contributed by atoms with Crippen molar-refractivity contribution < 1.29 is 5.11 Å². The molecule has 0 bridgehead atoms. The first-order valence-electron chi connectivity index (χ1n) is 9.29. The van der Waals surface area contributed by atoms with E-state index in [1.807, 2.05) is 0 Å². The van der Waals surface area contributed by atoms with Gasteiger partial charge in [0.15, 0.2) is 0 Å². The second-order valence-corrected chi connectivity index (χ2v) is 6.84. The van der Waals surface area contributed by atoms with Crippen LogP contribution in [-0.2, 0) is 19.3 Å². The molecule has 1 aromatic carbocycles. The molecule has 2 aromatic rings. The third-order valence-electron chi connectivity index (χ3n) is 5.11. The molecule has 1 aliphatic heterocycles. The molecule has 2 heterocycles. The Morgan fingerprint density at radius 2 is 1.88 bits per heavy atom. The molecule has 0 atom stereocenters. The lowest BCUT2D eigenvalue weighted by Gasteiger charge is -2.29. The lowest BCUT2D eigenvalue weighted by molar-refractivity contribution is 0.299. The van der Waals surface area contributed by atoms with Gasteiger partial charge in [0, 0.05) is 55.9 Å². The van der Waals surface area contributed by atoms with Gasteiger partial charge in [-0.25, -0.2) is 4.98 Å². The van der Waals surface area contributed by atoms with Crippen molar-refractivity contribution >= 4 is 29.6 Å². The first kappa shape index (κ1) is 19.0. The maximum absolute atomic E-state index is 9.05. The van der Waals surface area contributed by atoms with Crippen LogP contribution < -0.4 is 15.5 Å². The van der Waals surface area contributed by atoms with Crippen molar-refractivity contribution in [1.82, 2.24) is 10.3 Å². The Labute approximate surface area is 161 Å². The van der Waals surface area contributed by atoms with Gasteiger partial charge in [-0.15, -0.1) is 12.4 Å². The second kappa shape index (κ2) is 8.71. The van der Waals surface area contributed by atoms with Crippen LogP contribution in [0.15, 0.2) is 30.3 Å². The molecule has 140 valence electrons. The Morgan fingerprint density at radius 3 is 2.62 bits per heavy atom. The third-order valence-corrected chi connectivity index (χ3v) is 5.11. The Hall–Kier alpha value is -1.82. The van der Waals surface area contributed by atoms with Crippen LogP contribution in [-0.4, -0.2) is 42.9 Å². The summed E-state index contributed by atoms with van der Waals surface area (Å²) in [5.41, 5.74) is 6.09. The average Bonchev–Trinajstić information content (AvgIpc) is 3.13. The summed E-state index contributed by atoms with van der Waals surface area (Å²) < 4.78 is 0. The fourth-order valence-electron chi connectivity index (χ4n) is 3.73. The smallest absolute Gasteiger partial charge is 0.130 e. The van der Waals surface area contributed by atoms with Crippen molar-refractivity contribution in [3.63, 3.8) is 0 Å².